The van der Waals surface area contributed by atoms with Crippen LogP contribution >= 0.6 is 0 Å². The molecule has 0 fully saturated rings. The molecule has 0 unspecified atom stereocenters. The first-order chi connectivity index (χ1) is 9.93. The lowest BCUT2D eigenvalue weighted by Crippen LogP contribution is -2.32. The average Bonchev–Trinajstić information content (AvgIpc) is 2.36. The van der Waals surface area contributed by atoms with Crippen molar-refractivity contribution in [3.05, 3.63) is 35.1 Å². The van der Waals surface area contributed by atoms with E-state index in [9.17, 15) is 27.2 Å². The van der Waals surface area contributed by atoms with Crippen LogP contribution in [0.1, 0.15) is 36.2 Å². The number of amides is 1. The SMILES string of the molecule is CC(C)(CCNC(=O)c1cc(F)cc(C(F)(F)F)c1)C(=O)O. The molecule has 1 aromatic rings. The van der Waals surface area contributed by atoms with Crippen LogP contribution in [0.4, 0.5) is 17.6 Å². The van der Waals surface area contributed by atoms with Gasteiger partial charge < -0.3 is 10.4 Å². The van der Waals surface area contributed by atoms with Gasteiger partial charge in [-0.2, -0.15) is 13.2 Å². The van der Waals surface area contributed by atoms with Crippen molar-refractivity contribution in [3.63, 3.8) is 0 Å². The minimum absolute atomic E-state index is 0.0595. The van der Waals surface area contributed by atoms with E-state index >= 15 is 0 Å². The lowest BCUT2D eigenvalue weighted by Gasteiger charge is -2.19. The van der Waals surface area contributed by atoms with Gasteiger partial charge in [0.1, 0.15) is 5.82 Å². The number of rotatable bonds is 5. The van der Waals surface area contributed by atoms with E-state index in [4.69, 9.17) is 5.11 Å². The van der Waals surface area contributed by atoms with Gasteiger partial charge in [0.05, 0.1) is 11.0 Å². The second-order valence-corrected chi connectivity index (χ2v) is 5.42. The summed E-state index contributed by atoms with van der Waals surface area (Å²) in [5.74, 6) is -3.14. The van der Waals surface area contributed by atoms with Crippen molar-refractivity contribution in [2.75, 3.05) is 6.54 Å². The van der Waals surface area contributed by atoms with Crippen LogP contribution in [-0.2, 0) is 11.0 Å². The molecule has 4 nitrogen and oxygen atoms in total. The monoisotopic (exact) mass is 321 g/mol. The van der Waals surface area contributed by atoms with Crippen LogP contribution in [0.2, 0.25) is 0 Å². The van der Waals surface area contributed by atoms with Crippen molar-refractivity contribution < 1.29 is 32.3 Å². The number of hydrogen-bond donors (Lipinski definition) is 2. The maximum absolute atomic E-state index is 13.2. The standard InChI is InChI=1S/C14H15F4NO3/c1-13(2,12(21)22)3-4-19-11(20)8-5-9(14(16,17)18)7-10(15)6-8/h5-7H,3-4H2,1-2H3,(H,19,20)(H,21,22). The van der Waals surface area contributed by atoms with Crippen molar-refractivity contribution in [1.29, 1.82) is 0 Å². The third kappa shape index (κ3) is 4.71. The van der Waals surface area contributed by atoms with Crippen molar-refractivity contribution in [1.82, 2.24) is 5.32 Å². The van der Waals surface area contributed by atoms with Gasteiger partial charge in [-0.15, -0.1) is 0 Å². The van der Waals surface area contributed by atoms with Crippen molar-refractivity contribution in [2.24, 2.45) is 5.41 Å². The molecule has 0 aromatic heterocycles. The first-order valence-electron chi connectivity index (χ1n) is 6.33. The van der Waals surface area contributed by atoms with E-state index < -0.39 is 40.4 Å². The van der Waals surface area contributed by atoms with Crippen LogP contribution in [0.25, 0.3) is 0 Å². The summed E-state index contributed by atoms with van der Waals surface area (Å²) in [5, 5.41) is 11.2. The summed E-state index contributed by atoms with van der Waals surface area (Å²) in [4.78, 5) is 22.6. The van der Waals surface area contributed by atoms with Crippen LogP contribution in [0.15, 0.2) is 18.2 Å². The third-order valence-corrected chi connectivity index (χ3v) is 3.10. The minimum atomic E-state index is -4.76. The van der Waals surface area contributed by atoms with Crippen LogP contribution in [0.5, 0.6) is 0 Å². The van der Waals surface area contributed by atoms with Crippen molar-refractivity contribution >= 4 is 11.9 Å². The van der Waals surface area contributed by atoms with Crippen LogP contribution in [0.3, 0.4) is 0 Å². The maximum atomic E-state index is 13.2. The summed E-state index contributed by atoms with van der Waals surface area (Å²) in [7, 11) is 0. The van der Waals surface area contributed by atoms with Gasteiger partial charge >= 0.3 is 12.1 Å². The zero-order valence-electron chi connectivity index (χ0n) is 11.9. The molecular formula is C14H15F4NO3. The number of alkyl halides is 3. The summed E-state index contributed by atoms with van der Waals surface area (Å²) in [6, 6.07) is 1.53. The Bertz CT molecular complexity index is 582. The summed E-state index contributed by atoms with van der Waals surface area (Å²) in [6.45, 7) is 2.84. The average molecular weight is 321 g/mol. The Hall–Kier alpha value is -2.12. The fourth-order valence-electron chi connectivity index (χ4n) is 1.58. The van der Waals surface area contributed by atoms with E-state index in [0.29, 0.717) is 18.2 Å². The molecule has 0 heterocycles. The number of nitrogens with one attached hydrogen (secondary N) is 1. The number of halogens is 4. The predicted octanol–water partition coefficient (Wildman–Crippen LogP) is 3.08. The molecule has 2 N–H and O–H groups in total. The van der Waals surface area contributed by atoms with Gasteiger partial charge in [0.2, 0.25) is 0 Å². The number of aliphatic carboxylic acids is 1. The van der Waals surface area contributed by atoms with E-state index in [1.807, 2.05) is 0 Å². The van der Waals surface area contributed by atoms with Gasteiger partial charge in [-0.05, 0) is 38.5 Å². The number of carbonyl (C=O) groups excluding carboxylic acids is 1. The Labute approximate surface area is 124 Å². The Morgan fingerprint density at radius 2 is 1.77 bits per heavy atom. The van der Waals surface area contributed by atoms with E-state index in [2.05, 4.69) is 5.32 Å². The van der Waals surface area contributed by atoms with E-state index in [-0.39, 0.29) is 13.0 Å². The Morgan fingerprint density at radius 3 is 2.27 bits per heavy atom. The van der Waals surface area contributed by atoms with Crippen LogP contribution in [-0.4, -0.2) is 23.5 Å². The first-order valence-corrected chi connectivity index (χ1v) is 6.33. The quantitative estimate of drug-likeness (QED) is 0.819. The van der Waals surface area contributed by atoms with Gasteiger partial charge in [-0.25, -0.2) is 4.39 Å². The molecule has 0 radical (unpaired) electrons. The molecule has 8 heteroatoms. The van der Waals surface area contributed by atoms with Gasteiger partial charge in [-0.3, -0.25) is 9.59 Å². The zero-order valence-corrected chi connectivity index (χ0v) is 11.9. The van der Waals surface area contributed by atoms with Gasteiger partial charge in [-0.1, -0.05) is 0 Å². The molecule has 0 saturated carbocycles. The molecule has 0 aliphatic carbocycles. The highest BCUT2D eigenvalue weighted by Gasteiger charge is 2.32. The second kappa shape index (κ2) is 6.33. The maximum Gasteiger partial charge on any atom is 0.416 e. The van der Waals surface area contributed by atoms with Gasteiger partial charge in [0, 0.05) is 12.1 Å². The van der Waals surface area contributed by atoms with Crippen molar-refractivity contribution in [3.8, 4) is 0 Å². The molecule has 1 aromatic carbocycles. The third-order valence-electron chi connectivity index (χ3n) is 3.10. The molecule has 1 amide bonds. The molecule has 0 aliphatic rings. The zero-order chi connectivity index (χ0) is 17.1. The number of carboxylic acid groups (broad SMARTS) is 1. The topological polar surface area (TPSA) is 66.4 Å². The highest BCUT2D eigenvalue weighted by Crippen LogP contribution is 2.30. The molecule has 22 heavy (non-hydrogen) atoms. The van der Waals surface area contributed by atoms with E-state index in [1.54, 1.807) is 0 Å². The highest BCUT2D eigenvalue weighted by molar-refractivity contribution is 5.94. The van der Waals surface area contributed by atoms with Crippen LogP contribution < -0.4 is 5.32 Å². The molecule has 0 aliphatic heterocycles. The molecular weight excluding hydrogens is 306 g/mol. The summed E-state index contributed by atoms with van der Waals surface area (Å²) < 4.78 is 50.8. The summed E-state index contributed by atoms with van der Waals surface area (Å²) in [5.41, 5.74) is -2.82. The Balaban J connectivity index is 2.79. The molecule has 0 spiro atoms. The molecule has 0 saturated heterocycles. The molecule has 0 bridgehead atoms. The predicted molar refractivity (Wildman–Crippen MR) is 69.8 cm³/mol. The Kier molecular flexibility index (Phi) is 5.16. The number of carboxylic acids is 1. The fourth-order valence-corrected chi connectivity index (χ4v) is 1.58. The highest BCUT2D eigenvalue weighted by atomic mass is 19.4. The van der Waals surface area contributed by atoms with Gasteiger partial charge in [0.25, 0.3) is 5.91 Å². The lowest BCUT2D eigenvalue weighted by molar-refractivity contribution is -0.147. The van der Waals surface area contributed by atoms with Crippen molar-refractivity contribution in [2.45, 2.75) is 26.4 Å². The normalized spacial score (nSPS) is 12.1. The lowest BCUT2D eigenvalue weighted by atomic mass is 9.89. The number of benzene rings is 1. The van der Waals surface area contributed by atoms with Crippen LogP contribution in [0, 0.1) is 11.2 Å². The molecule has 0 atom stereocenters. The first kappa shape index (κ1) is 17.9. The molecule has 1 rings (SSSR count). The van der Waals surface area contributed by atoms with E-state index in [1.165, 1.54) is 13.8 Å². The largest absolute Gasteiger partial charge is 0.481 e. The van der Waals surface area contributed by atoms with E-state index in [0.717, 1.165) is 0 Å². The summed E-state index contributed by atoms with van der Waals surface area (Å²) in [6.07, 6.45) is -4.68. The Morgan fingerprint density at radius 1 is 1.18 bits per heavy atom. The number of carbonyl (C=O) groups is 2. The number of hydrogen-bond acceptors (Lipinski definition) is 2. The minimum Gasteiger partial charge on any atom is -0.481 e. The smallest absolute Gasteiger partial charge is 0.416 e. The second-order valence-electron chi connectivity index (χ2n) is 5.42. The molecule has 122 valence electrons. The fraction of sp³-hybridized carbons (Fsp3) is 0.429. The van der Waals surface area contributed by atoms with Gasteiger partial charge in [0.15, 0.2) is 0 Å². The summed E-state index contributed by atoms with van der Waals surface area (Å²) >= 11 is 0.